The zero-order valence-electron chi connectivity index (χ0n) is 12.9. The van der Waals surface area contributed by atoms with Crippen molar-refractivity contribution >= 4 is 21.4 Å². The molecule has 0 radical (unpaired) electrons. The Morgan fingerprint density at radius 2 is 2.05 bits per heavy atom. The van der Waals surface area contributed by atoms with E-state index in [4.69, 9.17) is 0 Å². The minimum Gasteiger partial charge on any atom is -0.389 e. The lowest BCUT2D eigenvalue weighted by molar-refractivity contribution is -0.00776. The van der Waals surface area contributed by atoms with Crippen LogP contribution in [-0.2, 0) is 0 Å². The topological polar surface area (TPSA) is 32.3 Å². The quantitative estimate of drug-likeness (QED) is 0.872. The van der Waals surface area contributed by atoms with Gasteiger partial charge in [-0.1, -0.05) is 25.1 Å². The second-order valence-electron chi connectivity index (χ2n) is 6.70. The standard InChI is InChI=1S/C18H25NOS/c1-13-7-9-18(20,10-8-13)12-19-14(2)17-11-15-5-3-4-6-16(15)21-17/h3-6,11,13-14,19-20H,7-10,12H2,1-2H3. The monoisotopic (exact) mass is 303 g/mol. The Labute approximate surface area is 131 Å². The van der Waals surface area contributed by atoms with E-state index in [2.05, 4.69) is 49.5 Å². The molecule has 2 nitrogen and oxygen atoms in total. The van der Waals surface area contributed by atoms with Gasteiger partial charge < -0.3 is 10.4 Å². The summed E-state index contributed by atoms with van der Waals surface area (Å²) in [5.41, 5.74) is -0.503. The Morgan fingerprint density at radius 3 is 2.76 bits per heavy atom. The summed E-state index contributed by atoms with van der Waals surface area (Å²) in [5, 5.41) is 15.5. The Kier molecular flexibility index (Phi) is 4.34. The Hall–Kier alpha value is -0.900. The fourth-order valence-electron chi connectivity index (χ4n) is 3.14. The maximum absolute atomic E-state index is 10.7. The van der Waals surface area contributed by atoms with Gasteiger partial charge in [-0.05, 0) is 56.0 Å². The Morgan fingerprint density at radius 1 is 1.33 bits per heavy atom. The number of rotatable bonds is 4. The molecule has 0 spiro atoms. The number of aliphatic hydroxyl groups is 1. The molecule has 1 heterocycles. The van der Waals surface area contributed by atoms with Crippen LogP contribution in [0, 0.1) is 5.92 Å². The molecule has 114 valence electrons. The molecule has 0 bridgehead atoms. The largest absolute Gasteiger partial charge is 0.389 e. The highest BCUT2D eigenvalue weighted by atomic mass is 32.1. The first-order valence-electron chi connectivity index (χ1n) is 8.00. The molecule has 1 aliphatic rings. The zero-order chi connectivity index (χ0) is 14.9. The first-order valence-corrected chi connectivity index (χ1v) is 8.82. The van der Waals surface area contributed by atoms with Crippen LogP contribution in [0.25, 0.3) is 10.1 Å². The molecular weight excluding hydrogens is 278 g/mol. The molecule has 1 aliphatic carbocycles. The van der Waals surface area contributed by atoms with Crippen LogP contribution < -0.4 is 5.32 Å². The Bertz CT molecular complexity index is 565. The molecule has 1 saturated carbocycles. The van der Waals surface area contributed by atoms with Crippen molar-refractivity contribution in [1.82, 2.24) is 5.32 Å². The van der Waals surface area contributed by atoms with Crippen molar-refractivity contribution < 1.29 is 5.11 Å². The van der Waals surface area contributed by atoms with Gasteiger partial charge in [-0.15, -0.1) is 11.3 Å². The van der Waals surface area contributed by atoms with Crippen LogP contribution in [0.4, 0.5) is 0 Å². The fraction of sp³-hybridized carbons (Fsp3) is 0.556. The summed E-state index contributed by atoms with van der Waals surface area (Å²) < 4.78 is 1.34. The SMILES string of the molecule is CC1CCC(O)(CNC(C)c2cc3ccccc3s2)CC1. The molecule has 0 aliphatic heterocycles. The molecular formula is C18H25NOS. The van der Waals surface area contributed by atoms with Crippen molar-refractivity contribution in [1.29, 1.82) is 0 Å². The van der Waals surface area contributed by atoms with Crippen LogP contribution in [0.5, 0.6) is 0 Å². The summed E-state index contributed by atoms with van der Waals surface area (Å²) in [6.45, 7) is 5.18. The van der Waals surface area contributed by atoms with E-state index in [1.54, 1.807) is 0 Å². The number of thiophene rings is 1. The van der Waals surface area contributed by atoms with Gasteiger partial charge in [-0.2, -0.15) is 0 Å². The zero-order valence-corrected chi connectivity index (χ0v) is 13.7. The molecule has 3 heteroatoms. The Balaban J connectivity index is 1.62. The van der Waals surface area contributed by atoms with Crippen LogP contribution in [0.1, 0.15) is 50.4 Å². The molecule has 0 amide bonds. The number of hydrogen-bond acceptors (Lipinski definition) is 3. The fourth-order valence-corrected chi connectivity index (χ4v) is 4.23. The minimum atomic E-state index is -0.503. The van der Waals surface area contributed by atoms with E-state index in [1.165, 1.54) is 15.0 Å². The molecule has 0 saturated heterocycles. The van der Waals surface area contributed by atoms with Gasteiger partial charge in [-0.3, -0.25) is 0 Å². The summed E-state index contributed by atoms with van der Waals surface area (Å²) in [5.74, 6) is 0.769. The average molecular weight is 303 g/mol. The number of hydrogen-bond donors (Lipinski definition) is 2. The number of benzene rings is 1. The minimum absolute atomic E-state index is 0.297. The van der Waals surface area contributed by atoms with Crippen LogP contribution in [-0.4, -0.2) is 17.3 Å². The third kappa shape index (κ3) is 3.47. The smallest absolute Gasteiger partial charge is 0.0772 e. The predicted molar refractivity (Wildman–Crippen MR) is 90.8 cm³/mol. The molecule has 2 N–H and O–H groups in total. The van der Waals surface area contributed by atoms with Crippen molar-refractivity contribution in [3.8, 4) is 0 Å². The van der Waals surface area contributed by atoms with Crippen LogP contribution in [0.3, 0.4) is 0 Å². The summed E-state index contributed by atoms with van der Waals surface area (Å²) >= 11 is 1.85. The lowest BCUT2D eigenvalue weighted by atomic mass is 9.79. The van der Waals surface area contributed by atoms with E-state index in [0.717, 1.165) is 31.6 Å². The van der Waals surface area contributed by atoms with E-state index >= 15 is 0 Å². The van der Waals surface area contributed by atoms with E-state index in [0.29, 0.717) is 12.6 Å². The van der Waals surface area contributed by atoms with Gasteiger partial charge in [0.05, 0.1) is 5.60 Å². The summed E-state index contributed by atoms with van der Waals surface area (Å²) in [7, 11) is 0. The van der Waals surface area contributed by atoms with Gasteiger partial charge in [-0.25, -0.2) is 0 Å². The van der Waals surface area contributed by atoms with Crippen molar-refractivity contribution in [3.63, 3.8) is 0 Å². The van der Waals surface area contributed by atoms with Crippen molar-refractivity contribution in [2.24, 2.45) is 5.92 Å². The third-order valence-electron chi connectivity index (χ3n) is 4.81. The molecule has 1 unspecified atom stereocenters. The first-order chi connectivity index (χ1) is 10.1. The highest BCUT2D eigenvalue weighted by Gasteiger charge is 2.31. The normalized spacial score (nSPS) is 27.9. The maximum atomic E-state index is 10.7. The van der Waals surface area contributed by atoms with Gasteiger partial charge in [0, 0.05) is 22.2 Å². The number of nitrogens with one attached hydrogen (secondary N) is 1. The molecule has 1 fully saturated rings. The predicted octanol–water partition coefficient (Wildman–Crippen LogP) is 4.49. The van der Waals surface area contributed by atoms with E-state index in [1.807, 2.05) is 11.3 Å². The van der Waals surface area contributed by atoms with Crippen LogP contribution >= 0.6 is 11.3 Å². The molecule has 1 aromatic carbocycles. The average Bonchev–Trinajstić information content (AvgIpc) is 2.92. The van der Waals surface area contributed by atoms with Crippen molar-refractivity contribution in [2.45, 2.75) is 51.2 Å². The summed E-state index contributed by atoms with van der Waals surface area (Å²) in [6, 6.07) is 11.1. The second kappa shape index (κ2) is 6.07. The van der Waals surface area contributed by atoms with Gasteiger partial charge in [0.15, 0.2) is 0 Å². The lowest BCUT2D eigenvalue weighted by Gasteiger charge is -2.35. The lowest BCUT2D eigenvalue weighted by Crippen LogP contribution is -2.43. The van der Waals surface area contributed by atoms with Gasteiger partial charge in [0.2, 0.25) is 0 Å². The molecule has 1 aromatic heterocycles. The van der Waals surface area contributed by atoms with E-state index in [9.17, 15) is 5.11 Å². The number of fused-ring (bicyclic) bond motifs is 1. The second-order valence-corrected chi connectivity index (χ2v) is 7.81. The molecule has 2 aromatic rings. The highest BCUT2D eigenvalue weighted by Crippen LogP contribution is 2.33. The third-order valence-corrected chi connectivity index (χ3v) is 6.11. The van der Waals surface area contributed by atoms with Gasteiger partial charge >= 0.3 is 0 Å². The first kappa shape index (κ1) is 15.0. The van der Waals surface area contributed by atoms with Crippen molar-refractivity contribution in [2.75, 3.05) is 6.54 Å². The van der Waals surface area contributed by atoms with Crippen LogP contribution in [0.2, 0.25) is 0 Å². The maximum Gasteiger partial charge on any atom is 0.0772 e. The summed E-state index contributed by atoms with van der Waals surface area (Å²) in [4.78, 5) is 1.35. The summed E-state index contributed by atoms with van der Waals surface area (Å²) in [6.07, 6.45) is 4.16. The van der Waals surface area contributed by atoms with E-state index in [-0.39, 0.29) is 0 Å². The molecule has 21 heavy (non-hydrogen) atoms. The van der Waals surface area contributed by atoms with Crippen molar-refractivity contribution in [3.05, 3.63) is 35.2 Å². The molecule has 3 rings (SSSR count). The van der Waals surface area contributed by atoms with Gasteiger partial charge in [0.1, 0.15) is 0 Å². The van der Waals surface area contributed by atoms with E-state index < -0.39 is 5.60 Å². The molecule has 1 atom stereocenters. The van der Waals surface area contributed by atoms with Gasteiger partial charge in [0.25, 0.3) is 0 Å². The van der Waals surface area contributed by atoms with Crippen LogP contribution in [0.15, 0.2) is 30.3 Å². The highest BCUT2D eigenvalue weighted by molar-refractivity contribution is 7.19.